The molecule has 0 spiro atoms. The van der Waals surface area contributed by atoms with Crippen LogP contribution in [0.4, 0.5) is 0 Å². The minimum absolute atomic E-state index is 0.0828. The molecule has 0 radical (unpaired) electrons. The summed E-state index contributed by atoms with van der Waals surface area (Å²) in [5, 5.41) is 12.6. The SMILES string of the molecule is CNC(=O)CCCC([NH3+])C(=O)[O-]. The van der Waals surface area contributed by atoms with Gasteiger partial charge in [0.05, 0.1) is 5.97 Å². The summed E-state index contributed by atoms with van der Waals surface area (Å²) in [4.78, 5) is 20.8. The Balaban J connectivity index is 3.43. The van der Waals surface area contributed by atoms with Crippen LogP contribution in [0.5, 0.6) is 0 Å². The maximum absolute atomic E-state index is 10.7. The van der Waals surface area contributed by atoms with Gasteiger partial charge in [0.15, 0.2) is 0 Å². The van der Waals surface area contributed by atoms with Crippen molar-refractivity contribution in [1.29, 1.82) is 0 Å². The molecule has 70 valence electrons. The maximum Gasteiger partial charge on any atom is 0.219 e. The van der Waals surface area contributed by atoms with Gasteiger partial charge in [-0.2, -0.15) is 0 Å². The summed E-state index contributed by atoms with van der Waals surface area (Å²) < 4.78 is 0. The second-order valence-electron chi connectivity index (χ2n) is 2.58. The average Bonchev–Trinajstić information content (AvgIpc) is 2.03. The molecule has 0 aliphatic rings. The van der Waals surface area contributed by atoms with E-state index in [1.54, 1.807) is 7.05 Å². The highest BCUT2D eigenvalue weighted by Crippen LogP contribution is 1.96. The Labute approximate surface area is 70.9 Å². The second kappa shape index (κ2) is 5.54. The lowest BCUT2D eigenvalue weighted by molar-refractivity contribution is -0.438. The Morgan fingerprint density at radius 3 is 2.58 bits per heavy atom. The van der Waals surface area contributed by atoms with Crippen LogP contribution >= 0.6 is 0 Å². The van der Waals surface area contributed by atoms with E-state index in [0.717, 1.165) is 0 Å². The first-order valence-electron chi connectivity index (χ1n) is 3.82. The van der Waals surface area contributed by atoms with Crippen molar-refractivity contribution in [2.75, 3.05) is 7.05 Å². The van der Waals surface area contributed by atoms with Crippen molar-refractivity contribution in [3.63, 3.8) is 0 Å². The lowest BCUT2D eigenvalue weighted by atomic mass is 10.1. The molecule has 0 rings (SSSR count). The Kier molecular flexibility index (Phi) is 5.03. The van der Waals surface area contributed by atoms with Gasteiger partial charge in [-0.1, -0.05) is 0 Å². The normalized spacial score (nSPS) is 12.2. The molecule has 0 aliphatic heterocycles. The molecule has 0 aromatic heterocycles. The van der Waals surface area contributed by atoms with Gasteiger partial charge in [0, 0.05) is 19.9 Å². The van der Waals surface area contributed by atoms with E-state index in [1.807, 2.05) is 0 Å². The first-order chi connectivity index (χ1) is 5.57. The van der Waals surface area contributed by atoms with Crippen molar-refractivity contribution in [2.24, 2.45) is 0 Å². The summed E-state index contributed by atoms with van der Waals surface area (Å²) >= 11 is 0. The van der Waals surface area contributed by atoms with Gasteiger partial charge in [-0.25, -0.2) is 0 Å². The van der Waals surface area contributed by atoms with Crippen LogP contribution in [0.3, 0.4) is 0 Å². The highest BCUT2D eigenvalue weighted by Gasteiger charge is 2.07. The van der Waals surface area contributed by atoms with Crippen LogP contribution in [0.1, 0.15) is 19.3 Å². The van der Waals surface area contributed by atoms with Crippen molar-refractivity contribution < 1.29 is 20.4 Å². The van der Waals surface area contributed by atoms with E-state index in [9.17, 15) is 14.7 Å². The number of aliphatic carboxylic acids is 1. The zero-order valence-electron chi connectivity index (χ0n) is 7.13. The number of rotatable bonds is 5. The summed E-state index contributed by atoms with van der Waals surface area (Å²) in [7, 11) is 1.54. The number of carbonyl (C=O) groups excluding carboxylic acids is 2. The first kappa shape index (κ1) is 10.9. The number of nitrogens with one attached hydrogen (secondary N) is 1. The van der Waals surface area contributed by atoms with E-state index < -0.39 is 12.0 Å². The van der Waals surface area contributed by atoms with E-state index in [1.165, 1.54) is 0 Å². The average molecular weight is 174 g/mol. The van der Waals surface area contributed by atoms with Gasteiger partial charge in [0.1, 0.15) is 6.04 Å². The van der Waals surface area contributed by atoms with E-state index >= 15 is 0 Å². The van der Waals surface area contributed by atoms with E-state index in [-0.39, 0.29) is 5.91 Å². The Morgan fingerprint density at radius 1 is 1.58 bits per heavy atom. The Bertz CT molecular complexity index is 170. The molecule has 0 saturated carbocycles. The number of hydrogen-bond donors (Lipinski definition) is 2. The summed E-state index contributed by atoms with van der Waals surface area (Å²) in [6.07, 6.45) is 1.26. The smallest absolute Gasteiger partial charge is 0.219 e. The molecule has 0 aromatic carbocycles. The molecule has 0 aliphatic carbocycles. The molecule has 0 saturated heterocycles. The number of carbonyl (C=O) groups is 2. The zero-order valence-corrected chi connectivity index (χ0v) is 7.13. The third kappa shape index (κ3) is 4.68. The van der Waals surface area contributed by atoms with Crippen molar-refractivity contribution in [2.45, 2.75) is 25.3 Å². The third-order valence-electron chi connectivity index (χ3n) is 1.57. The Morgan fingerprint density at radius 2 is 2.17 bits per heavy atom. The van der Waals surface area contributed by atoms with Gasteiger partial charge in [0.25, 0.3) is 0 Å². The van der Waals surface area contributed by atoms with E-state index in [2.05, 4.69) is 11.1 Å². The van der Waals surface area contributed by atoms with Gasteiger partial charge in [0.2, 0.25) is 5.91 Å². The van der Waals surface area contributed by atoms with Crippen LogP contribution < -0.4 is 16.2 Å². The largest absolute Gasteiger partial charge is 0.544 e. The van der Waals surface area contributed by atoms with Crippen molar-refractivity contribution >= 4 is 11.9 Å². The second-order valence-corrected chi connectivity index (χ2v) is 2.58. The molecule has 1 unspecified atom stereocenters. The van der Waals surface area contributed by atoms with Gasteiger partial charge in [-0.05, 0) is 6.42 Å². The molecular weight excluding hydrogens is 160 g/mol. The lowest BCUT2D eigenvalue weighted by Crippen LogP contribution is -2.68. The Hall–Kier alpha value is -1.10. The topological polar surface area (TPSA) is 96.9 Å². The fraction of sp³-hybridized carbons (Fsp3) is 0.714. The third-order valence-corrected chi connectivity index (χ3v) is 1.57. The number of quaternary nitrogens is 1. The number of amides is 1. The molecule has 5 heteroatoms. The van der Waals surface area contributed by atoms with Crippen LogP contribution in [-0.2, 0) is 9.59 Å². The molecular formula is C7H14N2O3. The zero-order chi connectivity index (χ0) is 9.56. The number of carboxylic acids is 1. The van der Waals surface area contributed by atoms with Gasteiger partial charge in [-0.3, -0.25) is 4.79 Å². The maximum atomic E-state index is 10.7. The lowest BCUT2D eigenvalue weighted by Gasteiger charge is -2.07. The standard InChI is InChI=1S/C7H14N2O3/c1-9-6(10)4-2-3-5(8)7(11)12/h5H,2-4,8H2,1H3,(H,9,10)(H,11,12). The highest BCUT2D eigenvalue weighted by molar-refractivity contribution is 5.75. The monoisotopic (exact) mass is 174 g/mol. The molecule has 0 aromatic rings. The molecule has 12 heavy (non-hydrogen) atoms. The first-order valence-corrected chi connectivity index (χ1v) is 3.82. The van der Waals surface area contributed by atoms with Crippen LogP contribution in [0.2, 0.25) is 0 Å². The van der Waals surface area contributed by atoms with Crippen molar-refractivity contribution in [1.82, 2.24) is 5.32 Å². The molecule has 1 amide bonds. The summed E-state index contributed by atoms with van der Waals surface area (Å²) in [6.45, 7) is 0. The van der Waals surface area contributed by atoms with Crippen LogP contribution in [-0.4, -0.2) is 25.0 Å². The minimum atomic E-state index is -1.16. The van der Waals surface area contributed by atoms with Crippen molar-refractivity contribution in [3.05, 3.63) is 0 Å². The number of carboxylic acid groups (broad SMARTS) is 1. The van der Waals surface area contributed by atoms with Gasteiger partial charge < -0.3 is 21.0 Å². The number of hydrogen-bond acceptors (Lipinski definition) is 3. The molecule has 4 N–H and O–H groups in total. The van der Waals surface area contributed by atoms with E-state index in [4.69, 9.17) is 0 Å². The summed E-state index contributed by atoms with van der Waals surface area (Å²) in [5.74, 6) is -1.24. The van der Waals surface area contributed by atoms with Crippen LogP contribution in [0.25, 0.3) is 0 Å². The fourth-order valence-corrected chi connectivity index (χ4v) is 0.752. The van der Waals surface area contributed by atoms with E-state index in [0.29, 0.717) is 19.3 Å². The molecule has 0 bridgehead atoms. The summed E-state index contributed by atoms with van der Waals surface area (Å²) in [5.41, 5.74) is 3.37. The van der Waals surface area contributed by atoms with Gasteiger partial charge in [-0.15, -0.1) is 0 Å². The predicted molar refractivity (Wildman–Crippen MR) is 39.6 cm³/mol. The molecule has 1 atom stereocenters. The van der Waals surface area contributed by atoms with Gasteiger partial charge >= 0.3 is 0 Å². The molecule has 0 fully saturated rings. The highest BCUT2D eigenvalue weighted by atomic mass is 16.4. The molecule has 0 heterocycles. The van der Waals surface area contributed by atoms with Crippen molar-refractivity contribution in [3.8, 4) is 0 Å². The predicted octanol–water partition coefficient (Wildman–Crippen LogP) is -2.74. The van der Waals surface area contributed by atoms with Crippen LogP contribution in [0, 0.1) is 0 Å². The summed E-state index contributed by atoms with van der Waals surface area (Å²) in [6, 6.07) is -0.713. The molecule has 5 nitrogen and oxygen atoms in total. The fourth-order valence-electron chi connectivity index (χ4n) is 0.752. The quantitative estimate of drug-likeness (QED) is 0.473. The van der Waals surface area contributed by atoms with Crippen LogP contribution in [0.15, 0.2) is 0 Å². The minimum Gasteiger partial charge on any atom is -0.544 e.